The minimum absolute atomic E-state index is 0.245. The fourth-order valence-corrected chi connectivity index (χ4v) is 0.986. The molecule has 0 aliphatic carbocycles. The number of carbonyl (C=O) groups is 2. The third-order valence-electron chi connectivity index (χ3n) is 2.30. The van der Waals surface area contributed by atoms with E-state index >= 15 is 0 Å². The Morgan fingerprint density at radius 2 is 1.84 bits per heavy atom. The number of allylic oxidation sites excluding steroid dienone is 6. The van der Waals surface area contributed by atoms with E-state index in [1.807, 2.05) is 26.8 Å². The van der Waals surface area contributed by atoms with Gasteiger partial charge >= 0.3 is 5.97 Å². The molecule has 0 radical (unpaired) electrons. The molecule has 0 aromatic rings. The second kappa shape index (κ2) is 9.65. The van der Waals surface area contributed by atoms with Crippen molar-refractivity contribution in [2.24, 2.45) is 0 Å². The molecule has 0 amide bonds. The summed E-state index contributed by atoms with van der Waals surface area (Å²) < 4.78 is 9.37. The number of carbonyl (C=O) groups excluding carboxylic acids is 2. The number of hydrogen-bond acceptors (Lipinski definition) is 4. The minimum Gasteiger partial charge on any atom is -0.437 e. The lowest BCUT2D eigenvalue weighted by Crippen LogP contribution is -1.98. The molecule has 0 rings (SSSR count). The lowest BCUT2D eigenvalue weighted by atomic mass is 10.1. The Bertz CT molecular complexity index is 451. The van der Waals surface area contributed by atoms with Crippen molar-refractivity contribution in [3.8, 4) is 0 Å². The van der Waals surface area contributed by atoms with Crippen LogP contribution in [-0.4, -0.2) is 12.4 Å². The van der Waals surface area contributed by atoms with Crippen molar-refractivity contribution in [1.82, 2.24) is 0 Å². The number of hydrogen-bond donors (Lipinski definition) is 0. The Morgan fingerprint density at radius 1 is 1.16 bits per heavy atom. The first-order chi connectivity index (χ1) is 9.04. The molecule has 0 aromatic carbocycles. The van der Waals surface area contributed by atoms with Gasteiger partial charge in [-0.1, -0.05) is 24.3 Å². The molecule has 0 atom stereocenters. The first-order valence-electron chi connectivity index (χ1n) is 5.67. The first-order valence-corrected chi connectivity index (χ1v) is 5.67. The summed E-state index contributed by atoms with van der Waals surface area (Å²) in [5, 5.41) is 0. The summed E-state index contributed by atoms with van der Waals surface area (Å²) >= 11 is 0. The third-order valence-corrected chi connectivity index (χ3v) is 2.30. The van der Waals surface area contributed by atoms with Gasteiger partial charge in [0.1, 0.15) is 5.76 Å². The monoisotopic (exact) mass is 262 g/mol. The average molecular weight is 262 g/mol. The van der Waals surface area contributed by atoms with Crippen LogP contribution in [0.3, 0.4) is 0 Å². The van der Waals surface area contributed by atoms with E-state index in [-0.39, 0.29) is 12.2 Å². The van der Waals surface area contributed by atoms with Crippen LogP contribution in [0.15, 0.2) is 60.1 Å². The van der Waals surface area contributed by atoms with Gasteiger partial charge in [0.05, 0.1) is 6.26 Å². The molecule has 0 bridgehead atoms. The molecule has 0 heterocycles. The average Bonchev–Trinajstić information content (AvgIpc) is 2.43. The van der Waals surface area contributed by atoms with E-state index in [2.05, 4.69) is 11.3 Å². The van der Waals surface area contributed by atoms with Gasteiger partial charge in [0.2, 0.25) is 0 Å². The highest BCUT2D eigenvalue weighted by Crippen LogP contribution is 2.10. The van der Waals surface area contributed by atoms with E-state index in [4.69, 9.17) is 4.74 Å². The Hall–Kier alpha value is -2.36. The maximum atomic E-state index is 11.1. The Kier molecular flexibility index (Phi) is 8.45. The maximum Gasteiger partial charge on any atom is 0.335 e. The van der Waals surface area contributed by atoms with Crippen LogP contribution < -0.4 is 0 Å². The number of ether oxygens (including phenoxy) is 2. The largest absolute Gasteiger partial charge is 0.437 e. The SMILES string of the molecule is C=CC(=O)OC(/C=C/OC=O)=C/C=C(C)/C(C)=C\C. The van der Waals surface area contributed by atoms with Gasteiger partial charge in [0, 0.05) is 12.2 Å². The molecule has 0 saturated carbocycles. The zero-order valence-corrected chi connectivity index (χ0v) is 11.4. The van der Waals surface area contributed by atoms with E-state index in [1.165, 1.54) is 6.08 Å². The molecule has 0 spiro atoms. The van der Waals surface area contributed by atoms with Crippen LogP contribution in [0, 0.1) is 0 Å². The molecule has 0 N–H and O–H groups in total. The number of esters is 1. The molecule has 0 saturated heterocycles. The second-order valence-corrected chi connectivity index (χ2v) is 3.55. The van der Waals surface area contributed by atoms with Crippen LogP contribution in [0.4, 0.5) is 0 Å². The van der Waals surface area contributed by atoms with E-state index in [0.29, 0.717) is 0 Å². The standard InChI is InChI=1S/C15H18O4/c1-5-12(3)13(4)7-8-14(9-10-18-11-16)19-15(17)6-2/h5-11H,2H2,1,3-4H3/b10-9+,12-5-,13-7+,14-8+. The van der Waals surface area contributed by atoms with Gasteiger partial charge in [0.25, 0.3) is 6.47 Å². The van der Waals surface area contributed by atoms with Crippen LogP contribution in [-0.2, 0) is 19.1 Å². The van der Waals surface area contributed by atoms with Crippen molar-refractivity contribution in [2.75, 3.05) is 0 Å². The van der Waals surface area contributed by atoms with Crippen molar-refractivity contribution < 1.29 is 19.1 Å². The molecule has 0 unspecified atom stereocenters. The van der Waals surface area contributed by atoms with Crippen molar-refractivity contribution >= 4 is 12.4 Å². The fourth-order valence-electron chi connectivity index (χ4n) is 0.986. The molecular weight excluding hydrogens is 244 g/mol. The van der Waals surface area contributed by atoms with Crippen LogP contribution in [0.2, 0.25) is 0 Å². The third kappa shape index (κ3) is 7.54. The van der Waals surface area contributed by atoms with E-state index < -0.39 is 5.97 Å². The highest BCUT2D eigenvalue weighted by molar-refractivity contribution is 5.82. The van der Waals surface area contributed by atoms with Gasteiger partial charge in [-0.3, -0.25) is 4.79 Å². The maximum absolute atomic E-state index is 11.1. The molecule has 0 aliphatic rings. The lowest BCUT2D eigenvalue weighted by Gasteiger charge is -2.02. The summed E-state index contributed by atoms with van der Waals surface area (Å²) in [7, 11) is 0. The normalized spacial score (nSPS) is 13.3. The van der Waals surface area contributed by atoms with Crippen LogP contribution in [0.25, 0.3) is 0 Å². The molecule has 0 fully saturated rings. The van der Waals surface area contributed by atoms with E-state index in [9.17, 15) is 9.59 Å². The lowest BCUT2D eigenvalue weighted by molar-refractivity contribution is -0.133. The van der Waals surface area contributed by atoms with Crippen molar-refractivity contribution in [3.63, 3.8) is 0 Å². The summed E-state index contributed by atoms with van der Waals surface area (Å²) in [6.07, 6.45) is 8.92. The van der Waals surface area contributed by atoms with Gasteiger partial charge in [-0.2, -0.15) is 0 Å². The molecular formula is C15H18O4. The topological polar surface area (TPSA) is 52.6 Å². The molecule has 0 aromatic heterocycles. The van der Waals surface area contributed by atoms with Gasteiger partial charge in [-0.15, -0.1) is 0 Å². The highest BCUT2D eigenvalue weighted by Gasteiger charge is 1.99. The van der Waals surface area contributed by atoms with Gasteiger partial charge in [0.15, 0.2) is 0 Å². The van der Waals surface area contributed by atoms with E-state index in [1.54, 1.807) is 12.2 Å². The Labute approximate surface area is 113 Å². The van der Waals surface area contributed by atoms with Gasteiger partial charge < -0.3 is 9.47 Å². The smallest absolute Gasteiger partial charge is 0.335 e. The van der Waals surface area contributed by atoms with Crippen molar-refractivity contribution in [2.45, 2.75) is 20.8 Å². The molecule has 102 valence electrons. The Morgan fingerprint density at radius 3 is 2.37 bits per heavy atom. The van der Waals surface area contributed by atoms with Gasteiger partial charge in [-0.05, 0) is 32.4 Å². The zero-order chi connectivity index (χ0) is 14.7. The van der Waals surface area contributed by atoms with Crippen LogP contribution >= 0.6 is 0 Å². The van der Waals surface area contributed by atoms with Crippen molar-refractivity contribution in [1.29, 1.82) is 0 Å². The first kappa shape index (κ1) is 16.6. The predicted molar refractivity (Wildman–Crippen MR) is 73.8 cm³/mol. The quantitative estimate of drug-likeness (QED) is 0.232. The summed E-state index contributed by atoms with van der Waals surface area (Å²) in [6.45, 7) is 9.43. The van der Waals surface area contributed by atoms with E-state index in [0.717, 1.165) is 23.5 Å². The second-order valence-electron chi connectivity index (χ2n) is 3.55. The number of rotatable bonds is 7. The Balaban J connectivity index is 5.05. The molecule has 19 heavy (non-hydrogen) atoms. The minimum atomic E-state index is -0.587. The summed E-state index contributed by atoms with van der Waals surface area (Å²) in [5.41, 5.74) is 2.14. The van der Waals surface area contributed by atoms with Crippen LogP contribution in [0.5, 0.6) is 0 Å². The van der Waals surface area contributed by atoms with Crippen LogP contribution in [0.1, 0.15) is 20.8 Å². The fraction of sp³-hybridized carbons (Fsp3) is 0.200. The molecule has 4 heteroatoms. The molecule has 0 aliphatic heterocycles. The highest BCUT2D eigenvalue weighted by atomic mass is 16.5. The van der Waals surface area contributed by atoms with Gasteiger partial charge in [-0.25, -0.2) is 4.79 Å². The summed E-state index contributed by atoms with van der Waals surface area (Å²) in [5.74, 6) is -0.342. The summed E-state index contributed by atoms with van der Waals surface area (Å²) in [6, 6.07) is 0. The zero-order valence-electron chi connectivity index (χ0n) is 11.4. The summed E-state index contributed by atoms with van der Waals surface area (Å²) in [4.78, 5) is 21.2. The predicted octanol–water partition coefficient (Wildman–Crippen LogP) is 3.20. The molecule has 4 nitrogen and oxygen atoms in total. The van der Waals surface area contributed by atoms with Crippen molar-refractivity contribution in [3.05, 3.63) is 60.1 Å².